The Morgan fingerprint density at radius 3 is 2.46 bits per heavy atom. The molecule has 0 spiro atoms. The predicted molar refractivity (Wildman–Crippen MR) is 142 cm³/mol. The second-order valence-corrected chi connectivity index (χ2v) is 14.4. The van der Waals surface area contributed by atoms with E-state index in [0.29, 0.717) is 30.6 Å². The topological polar surface area (TPSA) is 122 Å². The van der Waals surface area contributed by atoms with Gasteiger partial charge in [0, 0.05) is 37.3 Å². The minimum Gasteiger partial charge on any atom is -0.459 e. The van der Waals surface area contributed by atoms with Gasteiger partial charge in [0.2, 0.25) is 5.91 Å². The zero-order valence-electron chi connectivity index (χ0n) is 23.2. The molecule has 3 N–H and O–H groups in total. The van der Waals surface area contributed by atoms with Gasteiger partial charge >= 0.3 is 5.97 Å². The molecule has 37 heavy (non-hydrogen) atoms. The zero-order valence-corrected chi connectivity index (χ0v) is 24.0. The van der Waals surface area contributed by atoms with Crippen LogP contribution in [0.2, 0.25) is 0 Å². The lowest BCUT2D eigenvalue weighted by atomic mass is 9.43. The van der Waals surface area contributed by atoms with Crippen LogP contribution < -0.4 is 10.6 Å². The maximum atomic E-state index is 12.5. The molecule has 4 saturated carbocycles. The third kappa shape index (κ3) is 5.33. The molecule has 4 fully saturated rings. The van der Waals surface area contributed by atoms with Crippen LogP contribution in [0, 0.1) is 35.0 Å². The number of nitrogens with one attached hydrogen (secondary N) is 2. The van der Waals surface area contributed by atoms with Crippen LogP contribution in [0.3, 0.4) is 0 Å². The number of amides is 1. The van der Waals surface area contributed by atoms with Gasteiger partial charge in [-0.05, 0) is 88.0 Å². The second-order valence-electron chi connectivity index (χ2n) is 12.8. The molecule has 0 heterocycles. The van der Waals surface area contributed by atoms with Crippen molar-refractivity contribution in [1.82, 2.24) is 10.6 Å². The second kappa shape index (κ2) is 10.8. The summed E-state index contributed by atoms with van der Waals surface area (Å²) in [5.74, 6) is 1.13. The minimum absolute atomic E-state index is 0.0924. The molecule has 8 nitrogen and oxygen atoms in total. The van der Waals surface area contributed by atoms with Gasteiger partial charge in [-0.15, -0.1) is 0 Å². The molecule has 0 aromatic carbocycles. The largest absolute Gasteiger partial charge is 0.459 e. The molecule has 4 aliphatic rings. The lowest BCUT2D eigenvalue weighted by molar-refractivity contribution is -0.200. The van der Waals surface area contributed by atoms with Crippen LogP contribution in [-0.2, 0) is 24.4 Å². The predicted octanol–water partition coefficient (Wildman–Crippen LogP) is 4.09. The molecule has 4 rings (SSSR count). The van der Waals surface area contributed by atoms with Crippen molar-refractivity contribution in [3.63, 3.8) is 0 Å². The fraction of sp³-hybridized carbons (Fsp3) is 0.929. The van der Waals surface area contributed by atoms with Crippen LogP contribution in [-0.4, -0.2) is 55.3 Å². The molecular formula is C28H48N2O6S. The first kappa shape index (κ1) is 28.8. The summed E-state index contributed by atoms with van der Waals surface area (Å²) in [7, 11) is -1.94. The number of rotatable bonds is 9. The Labute approximate surface area is 223 Å². The molecule has 212 valence electrons. The van der Waals surface area contributed by atoms with Gasteiger partial charge in [-0.1, -0.05) is 26.7 Å². The third-order valence-corrected chi connectivity index (χ3v) is 12.0. The van der Waals surface area contributed by atoms with Crippen molar-refractivity contribution in [2.45, 2.75) is 109 Å². The highest BCUT2D eigenvalue weighted by Crippen LogP contribution is 2.67. The number of carbonyl (C=O) groups is 2. The fourth-order valence-electron chi connectivity index (χ4n) is 9.69. The van der Waals surface area contributed by atoms with Gasteiger partial charge in [0.05, 0.1) is 5.75 Å². The summed E-state index contributed by atoms with van der Waals surface area (Å²) in [6.45, 7) is 6.15. The van der Waals surface area contributed by atoms with Crippen molar-refractivity contribution in [3.8, 4) is 0 Å². The highest BCUT2D eigenvalue weighted by molar-refractivity contribution is 7.85. The van der Waals surface area contributed by atoms with Crippen molar-refractivity contribution in [2.75, 3.05) is 19.3 Å². The van der Waals surface area contributed by atoms with E-state index >= 15 is 0 Å². The minimum atomic E-state index is -4.09. The molecule has 8 atom stereocenters. The summed E-state index contributed by atoms with van der Waals surface area (Å²) in [6.07, 6.45) is 12.6. The van der Waals surface area contributed by atoms with Crippen LogP contribution >= 0.6 is 0 Å². The molecule has 0 aromatic rings. The summed E-state index contributed by atoms with van der Waals surface area (Å²) < 4.78 is 37.0. The number of carbonyl (C=O) groups excluding carboxylic acids is 2. The van der Waals surface area contributed by atoms with Gasteiger partial charge in [0.15, 0.2) is 0 Å². The molecule has 0 radical (unpaired) electrons. The number of hydrogen-bond acceptors (Lipinski definition) is 6. The number of ether oxygens (including phenoxy) is 1. The van der Waals surface area contributed by atoms with Crippen molar-refractivity contribution in [3.05, 3.63) is 0 Å². The quantitative estimate of drug-likeness (QED) is 0.297. The lowest BCUT2D eigenvalue weighted by Gasteiger charge is -2.65. The maximum absolute atomic E-state index is 12.5. The van der Waals surface area contributed by atoms with E-state index in [9.17, 15) is 18.0 Å². The first-order valence-electron chi connectivity index (χ1n) is 14.5. The first-order chi connectivity index (χ1) is 17.4. The Morgan fingerprint density at radius 2 is 1.78 bits per heavy atom. The molecule has 0 aromatic heterocycles. The normalized spacial score (nSPS) is 40.1. The molecule has 1 amide bonds. The Morgan fingerprint density at radius 1 is 1.05 bits per heavy atom. The number of hydrogen-bond donors (Lipinski definition) is 3. The Hall–Kier alpha value is -1.19. The monoisotopic (exact) mass is 540 g/mol. The average molecular weight is 541 g/mol. The Kier molecular flexibility index (Phi) is 8.38. The van der Waals surface area contributed by atoms with Gasteiger partial charge in [-0.3, -0.25) is 14.1 Å². The van der Waals surface area contributed by atoms with Crippen molar-refractivity contribution < 1.29 is 27.3 Å². The molecule has 4 aliphatic carbocycles. The summed E-state index contributed by atoms with van der Waals surface area (Å²) in [5, 5.41) is 6.39. The summed E-state index contributed by atoms with van der Waals surface area (Å²) in [6, 6.07) is 0. The van der Waals surface area contributed by atoms with E-state index in [-0.39, 0.29) is 41.2 Å². The molecule has 3 unspecified atom stereocenters. The van der Waals surface area contributed by atoms with E-state index in [0.717, 1.165) is 25.7 Å². The van der Waals surface area contributed by atoms with Gasteiger partial charge in [-0.25, -0.2) is 0 Å². The van der Waals surface area contributed by atoms with Gasteiger partial charge in [-0.2, -0.15) is 8.42 Å². The molecule has 0 aliphatic heterocycles. The molecule has 9 heteroatoms. The average Bonchev–Trinajstić information content (AvgIpc) is 3.20. The molecule has 0 saturated heterocycles. The van der Waals surface area contributed by atoms with Gasteiger partial charge in [0.1, 0.15) is 5.60 Å². The van der Waals surface area contributed by atoms with E-state index < -0.39 is 21.5 Å². The molecule has 0 bridgehead atoms. The fourth-order valence-corrected chi connectivity index (χ4v) is 10.0. The number of esters is 1. The van der Waals surface area contributed by atoms with Gasteiger partial charge in [0.25, 0.3) is 10.1 Å². The third-order valence-electron chi connectivity index (χ3n) is 11.3. The summed E-state index contributed by atoms with van der Waals surface area (Å²) in [4.78, 5) is 24.8. The first-order valence-corrected chi connectivity index (χ1v) is 16.1. The van der Waals surface area contributed by atoms with Crippen molar-refractivity contribution in [2.24, 2.45) is 35.0 Å². The zero-order chi connectivity index (χ0) is 27.1. The smallest absolute Gasteiger partial charge is 0.303 e. The van der Waals surface area contributed by atoms with E-state index in [1.54, 1.807) is 0 Å². The molecular weight excluding hydrogens is 492 g/mol. The van der Waals surface area contributed by atoms with Crippen LogP contribution in [0.25, 0.3) is 0 Å². The van der Waals surface area contributed by atoms with E-state index in [1.807, 2.05) is 0 Å². The standard InChI is InChI=1S/C28H48N2O6S/c1-19(7-10-25(32)30-17-18-37(33,34)35)22-8-9-24-21-11-15-27(29-4)14-6-5-13-26(27,3)23(21)12-16-28(22,24)36-20(2)31/h19,21-24,29H,5-18H2,1-4H3,(H,30,32)(H,33,34,35)/t19-,21-,22?,23?,24?,26-,27-,28+/m1/s1. The maximum Gasteiger partial charge on any atom is 0.303 e. The van der Waals surface area contributed by atoms with E-state index in [2.05, 4.69) is 31.5 Å². The SMILES string of the molecule is CN[C@@]12CCCC[C@]1(C)C1CC[C@@]3(OC(C)=O)C(CCC3[C@H](C)CCC(=O)NCCS(=O)(=O)O)[C@@H]1CC2. The van der Waals surface area contributed by atoms with E-state index in [1.165, 1.54) is 45.4 Å². The van der Waals surface area contributed by atoms with E-state index in [4.69, 9.17) is 9.29 Å². The summed E-state index contributed by atoms with van der Waals surface area (Å²) >= 11 is 0. The van der Waals surface area contributed by atoms with Crippen molar-refractivity contribution >= 4 is 22.0 Å². The van der Waals surface area contributed by atoms with Crippen LogP contribution in [0.5, 0.6) is 0 Å². The van der Waals surface area contributed by atoms with Crippen molar-refractivity contribution in [1.29, 1.82) is 0 Å². The summed E-state index contributed by atoms with van der Waals surface area (Å²) in [5.41, 5.74) is 0.0511. The van der Waals surface area contributed by atoms with Crippen LogP contribution in [0.15, 0.2) is 0 Å². The van der Waals surface area contributed by atoms with Crippen LogP contribution in [0.4, 0.5) is 0 Å². The van der Waals surface area contributed by atoms with Gasteiger partial charge < -0.3 is 15.4 Å². The highest BCUT2D eigenvalue weighted by atomic mass is 32.2. The lowest BCUT2D eigenvalue weighted by Crippen LogP contribution is -2.67. The van der Waals surface area contributed by atoms with Crippen LogP contribution in [0.1, 0.15) is 97.8 Å². The Bertz CT molecular complexity index is 972. The Balaban J connectivity index is 1.48. The number of fused-ring (bicyclic) bond motifs is 5. The highest BCUT2D eigenvalue weighted by Gasteiger charge is 2.66.